The standard InChI is InChI=1S/C22H26F2N2O2/c1-22(2,3)28-21(27)25-19-14-26(12-15-8-5-4-6-9-15)13-17(19)16-10-7-11-18(23)20(16)24/h4-11,17,19H,12-14H2,1-3H3,(H,25,27). The van der Waals surface area contributed by atoms with Crippen molar-refractivity contribution in [3.63, 3.8) is 0 Å². The number of likely N-dealkylation sites (tertiary alicyclic amines) is 1. The molecule has 6 heteroatoms. The van der Waals surface area contributed by atoms with E-state index in [9.17, 15) is 13.6 Å². The minimum absolute atomic E-state index is 0.275. The van der Waals surface area contributed by atoms with Crippen molar-refractivity contribution >= 4 is 6.09 Å². The molecule has 1 aliphatic rings. The summed E-state index contributed by atoms with van der Waals surface area (Å²) in [4.78, 5) is 14.4. The highest BCUT2D eigenvalue weighted by Crippen LogP contribution is 2.31. The second-order valence-electron chi connectivity index (χ2n) is 8.18. The van der Waals surface area contributed by atoms with Crippen LogP contribution in [0.2, 0.25) is 0 Å². The minimum Gasteiger partial charge on any atom is -0.444 e. The molecule has 0 aliphatic carbocycles. The monoisotopic (exact) mass is 388 g/mol. The Morgan fingerprint density at radius 1 is 1.11 bits per heavy atom. The normalized spacial score (nSPS) is 20.2. The van der Waals surface area contributed by atoms with Gasteiger partial charge in [-0.15, -0.1) is 0 Å². The lowest BCUT2D eigenvalue weighted by Crippen LogP contribution is -2.42. The molecule has 1 amide bonds. The molecule has 2 atom stereocenters. The van der Waals surface area contributed by atoms with Crippen molar-refractivity contribution in [2.45, 2.75) is 44.9 Å². The molecule has 0 aromatic heterocycles. The largest absolute Gasteiger partial charge is 0.444 e. The first-order chi connectivity index (χ1) is 13.2. The van der Waals surface area contributed by atoms with Gasteiger partial charge in [0.2, 0.25) is 0 Å². The average Bonchev–Trinajstić information content (AvgIpc) is 2.98. The smallest absolute Gasteiger partial charge is 0.407 e. The number of hydrogen-bond donors (Lipinski definition) is 1. The van der Waals surface area contributed by atoms with Gasteiger partial charge in [-0.3, -0.25) is 4.90 Å². The first-order valence-electron chi connectivity index (χ1n) is 9.42. The Morgan fingerprint density at radius 3 is 2.50 bits per heavy atom. The van der Waals surface area contributed by atoms with Crippen molar-refractivity contribution in [2.75, 3.05) is 13.1 Å². The first kappa shape index (κ1) is 20.3. The fourth-order valence-electron chi connectivity index (χ4n) is 3.58. The van der Waals surface area contributed by atoms with Crippen molar-refractivity contribution in [3.05, 3.63) is 71.3 Å². The Morgan fingerprint density at radius 2 is 1.82 bits per heavy atom. The molecule has 0 saturated carbocycles. The van der Waals surface area contributed by atoms with Gasteiger partial charge < -0.3 is 10.1 Å². The SMILES string of the molecule is CC(C)(C)OC(=O)NC1CN(Cc2ccccc2)CC1c1cccc(F)c1F. The fraction of sp³-hybridized carbons (Fsp3) is 0.409. The number of hydrogen-bond acceptors (Lipinski definition) is 3. The van der Waals surface area contributed by atoms with E-state index in [1.165, 1.54) is 6.07 Å². The highest BCUT2D eigenvalue weighted by atomic mass is 19.2. The maximum atomic E-state index is 14.5. The molecule has 1 heterocycles. The average molecular weight is 388 g/mol. The molecule has 0 bridgehead atoms. The third kappa shape index (κ3) is 5.07. The van der Waals surface area contributed by atoms with Crippen molar-refractivity contribution in [1.29, 1.82) is 0 Å². The van der Waals surface area contributed by atoms with Crippen LogP contribution in [0.5, 0.6) is 0 Å². The van der Waals surface area contributed by atoms with Crippen molar-refractivity contribution in [2.24, 2.45) is 0 Å². The molecular formula is C22H26F2N2O2. The minimum atomic E-state index is -0.880. The molecule has 1 aliphatic heterocycles. The van der Waals surface area contributed by atoms with E-state index in [1.54, 1.807) is 26.8 Å². The number of rotatable bonds is 4. The summed E-state index contributed by atoms with van der Waals surface area (Å²) in [5.74, 6) is -2.10. The summed E-state index contributed by atoms with van der Waals surface area (Å²) < 4.78 is 33.6. The highest BCUT2D eigenvalue weighted by molar-refractivity contribution is 5.68. The summed E-state index contributed by atoms with van der Waals surface area (Å²) in [6.45, 7) is 7.05. The Balaban J connectivity index is 1.80. The van der Waals surface area contributed by atoms with Gasteiger partial charge in [-0.1, -0.05) is 42.5 Å². The molecule has 4 nitrogen and oxygen atoms in total. The Hall–Kier alpha value is -2.47. The number of nitrogens with one attached hydrogen (secondary N) is 1. The van der Waals surface area contributed by atoms with Crippen LogP contribution in [-0.4, -0.2) is 35.7 Å². The number of halogens is 2. The van der Waals surface area contributed by atoms with Gasteiger partial charge in [-0.2, -0.15) is 0 Å². The van der Waals surface area contributed by atoms with Crippen molar-refractivity contribution in [1.82, 2.24) is 10.2 Å². The number of carbonyl (C=O) groups excluding carboxylic acids is 1. The van der Waals surface area contributed by atoms with Gasteiger partial charge in [0.1, 0.15) is 5.60 Å². The Kier molecular flexibility index (Phi) is 5.98. The molecule has 1 saturated heterocycles. The van der Waals surface area contributed by atoms with E-state index >= 15 is 0 Å². The number of carbonyl (C=O) groups is 1. The van der Waals surface area contributed by atoms with E-state index in [-0.39, 0.29) is 17.5 Å². The van der Waals surface area contributed by atoms with Gasteiger partial charge in [0.25, 0.3) is 0 Å². The summed E-state index contributed by atoms with van der Waals surface area (Å²) in [5, 5.41) is 2.85. The first-order valence-corrected chi connectivity index (χ1v) is 9.42. The number of nitrogens with zero attached hydrogens (tertiary/aromatic N) is 1. The van der Waals surface area contributed by atoms with Crippen LogP contribution in [0.3, 0.4) is 0 Å². The molecular weight excluding hydrogens is 362 g/mol. The van der Waals surface area contributed by atoms with Crippen molar-refractivity contribution < 1.29 is 18.3 Å². The summed E-state index contributed by atoms with van der Waals surface area (Å²) in [6.07, 6.45) is -0.555. The van der Waals surface area contributed by atoms with Gasteiger partial charge >= 0.3 is 6.09 Å². The maximum Gasteiger partial charge on any atom is 0.407 e. The van der Waals surface area contributed by atoms with Crippen LogP contribution in [0.1, 0.15) is 37.8 Å². The van der Waals surface area contributed by atoms with E-state index in [1.807, 2.05) is 30.3 Å². The van der Waals surface area contributed by atoms with Crippen LogP contribution in [-0.2, 0) is 11.3 Å². The molecule has 2 aromatic carbocycles. The molecule has 28 heavy (non-hydrogen) atoms. The number of benzene rings is 2. The lowest BCUT2D eigenvalue weighted by Gasteiger charge is -2.24. The Labute approximate surface area is 164 Å². The zero-order valence-electron chi connectivity index (χ0n) is 16.4. The Bertz CT molecular complexity index is 821. The van der Waals surface area contributed by atoms with E-state index in [2.05, 4.69) is 10.2 Å². The number of alkyl carbamates (subject to hydrolysis) is 1. The third-order valence-corrected chi connectivity index (χ3v) is 4.73. The lowest BCUT2D eigenvalue weighted by molar-refractivity contribution is 0.0502. The molecule has 1 N–H and O–H groups in total. The predicted molar refractivity (Wildman–Crippen MR) is 104 cm³/mol. The quantitative estimate of drug-likeness (QED) is 0.841. The van der Waals surface area contributed by atoms with Gasteiger partial charge in [-0.25, -0.2) is 13.6 Å². The van der Waals surface area contributed by atoms with Crippen molar-refractivity contribution in [3.8, 4) is 0 Å². The summed E-state index contributed by atoms with van der Waals surface area (Å²) in [7, 11) is 0. The van der Waals surface area contributed by atoms with Crippen LogP contribution in [0.25, 0.3) is 0 Å². The zero-order chi connectivity index (χ0) is 20.3. The van der Waals surface area contributed by atoms with Gasteiger partial charge in [-0.05, 0) is 38.0 Å². The van der Waals surface area contributed by atoms with Gasteiger partial charge in [0, 0.05) is 25.6 Å². The summed E-state index contributed by atoms with van der Waals surface area (Å²) in [6, 6.07) is 13.7. The molecule has 2 aromatic rings. The number of ether oxygens (including phenoxy) is 1. The molecule has 1 fully saturated rings. The topological polar surface area (TPSA) is 41.6 Å². The van der Waals surface area contributed by atoms with Crippen LogP contribution >= 0.6 is 0 Å². The van der Waals surface area contributed by atoms with Crippen LogP contribution in [0.15, 0.2) is 48.5 Å². The maximum absolute atomic E-state index is 14.5. The second kappa shape index (κ2) is 8.27. The molecule has 0 spiro atoms. The van der Waals surface area contributed by atoms with Gasteiger partial charge in [0.15, 0.2) is 11.6 Å². The second-order valence-corrected chi connectivity index (χ2v) is 8.18. The van der Waals surface area contributed by atoms with Gasteiger partial charge in [0.05, 0.1) is 6.04 Å². The summed E-state index contributed by atoms with van der Waals surface area (Å²) >= 11 is 0. The highest BCUT2D eigenvalue weighted by Gasteiger charge is 2.37. The molecule has 0 radical (unpaired) electrons. The predicted octanol–water partition coefficient (Wildman–Crippen LogP) is 4.46. The van der Waals surface area contributed by atoms with Crippen LogP contribution in [0.4, 0.5) is 13.6 Å². The lowest BCUT2D eigenvalue weighted by atomic mass is 9.93. The number of amides is 1. The van der Waals surface area contributed by atoms with Crippen LogP contribution in [0, 0.1) is 11.6 Å². The van der Waals surface area contributed by atoms with Crippen LogP contribution < -0.4 is 5.32 Å². The van der Waals surface area contributed by atoms with E-state index < -0.39 is 23.3 Å². The van der Waals surface area contributed by atoms with E-state index in [0.717, 1.165) is 11.6 Å². The third-order valence-electron chi connectivity index (χ3n) is 4.73. The van der Waals surface area contributed by atoms with E-state index in [0.29, 0.717) is 19.6 Å². The zero-order valence-corrected chi connectivity index (χ0v) is 16.4. The molecule has 2 unspecified atom stereocenters. The molecule has 3 rings (SSSR count). The fourth-order valence-corrected chi connectivity index (χ4v) is 3.58. The summed E-state index contributed by atoms with van der Waals surface area (Å²) in [5.41, 5.74) is 0.766. The van der Waals surface area contributed by atoms with E-state index in [4.69, 9.17) is 4.74 Å². The molecule has 150 valence electrons.